The average Bonchev–Trinajstić information content (AvgIpc) is 3.23. The number of anilines is 2. The first-order chi connectivity index (χ1) is 12.5. The minimum absolute atomic E-state index is 0.0357. The molecule has 0 bridgehead atoms. The van der Waals surface area contributed by atoms with Crippen molar-refractivity contribution >= 4 is 17.4 Å². The third kappa shape index (κ3) is 2.97. The fourth-order valence-electron chi connectivity index (χ4n) is 3.77. The van der Waals surface area contributed by atoms with Gasteiger partial charge in [-0.3, -0.25) is 15.6 Å². The van der Waals surface area contributed by atoms with E-state index in [1.165, 1.54) is 0 Å². The third-order valence-electron chi connectivity index (χ3n) is 5.44. The molecule has 1 aromatic carbocycles. The van der Waals surface area contributed by atoms with Crippen LogP contribution in [0.5, 0.6) is 0 Å². The zero-order valence-electron chi connectivity index (χ0n) is 15.4. The summed E-state index contributed by atoms with van der Waals surface area (Å²) in [7, 11) is 0. The lowest BCUT2D eigenvalue weighted by Crippen LogP contribution is -2.43. The van der Waals surface area contributed by atoms with Gasteiger partial charge >= 0.3 is 0 Å². The second-order valence-corrected chi connectivity index (χ2v) is 7.25. The van der Waals surface area contributed by atoms with Crippen LogP contribution in [0.25, 0.3) is 0 Å². The topological polar surface area (TPSA) is 82.4 Å². The average molecular weight is 355 g/mol. The Labute approximate surface area is 153 Å². The number of hydrogen-bond acceptors (Lipinski definition) is 6. The molecule has 2 aliphatic rings. The number of aromatic nitrogens is 1. The molecule has 0 saturated carbocycles. The maximum Gasteiger partial charge on any atom is 0.228 e. The molecule has 3 heterocycles. The van der Waals surface area contributed by atoms with Crippen molar-refractivity contribution in [1.82, 2.24) is 20.9 Å². The van der Waals surface area contributed by atoms with E-state index in [0.29, 0.717) is 31.9 Å². The van der Waals surface area contributed by atoms with Gasteiger partial charge in [0.05, 0.1) is 18.0 Å². The molecular weight excluding hydrogens is 330 g/mol. The Morgan fingerprint density at radius 3 is 2.81 bits per heavy atom. The van der Waals surface area contributed by atoms with Crippen molar-refractivity contribution in [3.05, 3.63) is 40.6 Å². The summed E-state index contributed by atoms with van der Waals surface area (Å²) in [5, 5.41) is 7.65. The summed E-state index contributed by atoms with van der Waals surface area (Å²) in [5.74, 6) is 1.73. The van der Waals surface area contributed by atoms with E-state index in [9.17, 15) is 4.79 Å². The van der Waals surface area contributed by atoms with Gasteiger partial charge in [-0.2, -0.15) is 0 Å². The van der Waals surface area contributed by atoms with Gasteiger partial charge in [-0.05, 0) is 31.9 Å². The van der Waals surface area contributed by atoms with Gasteiger partial charge < -0.3 is 14.7 Å². The van der Waals surface area contributed by atoms with Gasteiger partial charge in [0.2, 0.25) is 5.91 Å². The van der Waals surface area contributed by atoms with Gasteiger partial charge in [0.25, 0.3) is 0 Å². The minimum atomic E-state index is -0.0357. The lowest BCUT2D eigenvalue weighted by atomic mass is 9.99. The van der Waals surface area contributed by atoms with Crippen molar-refractivity contribution in [2.45, 2.75) is 39.8 Å². The van der Waals surface area contributed by atoms with Crippen molar-refractivity contribution in [2.24, 2.45) is 5.92 Å². The molecule has 138 valence electrons. The molecule has 2 unspecified atom stereocenters. The Hall–Kier alpha value is -2.38. The van der Waals surface area contributed by atoms with Gasteiger partial charge in [0, 0.05) is 31.2 Å². The van der Waals surface area contributed by atoms with E-state index in [1.54, 1.807) is 0 Å². The summed E-state index contributed by atoms with van der Waals surface area (Å²) in [6, 6.07) is 6.32. The number of carbonyl (C=O) groups is 1. The first-order valence-electron chi connectivity index (χ1n) is 9.12. The first kappa shape index (κ1) is 17.1. The molecule has 2 atom stereocenters. The van der Waals surface area contributed by atoms with Gasteiger partial charge in [0.15, 0.2) is 5.82 Å². The van der Waals surface area contributed by atoms with Gasteiger partial charge in [-0.25, -0.2) is 0 Å². The second-order valence-electron chi connectivity index (χ2n) is 7.25. The molecule has 2 aliphatic heterocycles. The van der Waals surface area contributed by atoms with E-state index in [4.69, 9.17) is 4.52 Å². The van der Waals surface area contributed by atoms with E-state index in [2.05, 4.69) is 47.3 Å². The summed E-state index contributed by atoms with van der Waals surface area (Å²) < 4.78 is 5.54. The predicted octanol–water partition coefficient (Wildman–Crippen LogP) is 2.03. The molecule has 1 saturated heterocycles. The van der Waals surface area contributed by atoms with Crippen LogP contribution >= 0.6 is 0 Å². The number of fused-ring (bicyclic) bond motifs is 1. The molecule has 2 aromatic rings. The van der Waals surface area contributed by atoms with E-state index in [0.717, 1.165) is 28.1 Å². The lowest BCUT2D eigenvalue weighted by molar-refractivity contribution is -0.136. The van der Waals surface area contributed by atoms with Crippen LogP contribution in [0.4, 0.5) is 11.5 Å². The summed E-state index contributed by atoms with van der Waals surface area (Å²) in [4.78, 5) is 14.8. The van der Waals surface area contributed by atoms with Crippen LogP contribution < -0.4 is 16.2 Å². The van der Waals surface area contributed by atoms with Crippen LogP contribution in [0.15, 0.2) is 22.7 Å². The van der Waals surface area contributed by atoms with Crippen molar-refractivity contribution in [1.29, 1.82) is 0 Å². The molecule has 0 spiro atoms. The zero-order chi connectivity index (χ0) is 18.3. The number of benzene rings is 1. The van der Waals surface area contributed by atoms with E-state index >= 15 is 0 Å². The van der Waals surface area contributed by atoms with Crippen molar-refractivity contribution in [2.75, 3.05) is 18.4 Å². The number of rotatable bonds is 3. The zero-order valence-corrected chi connectivity index (χ0v) is 15.4. The smallest absolute Gasteiger partial charge is 0.228 e. The highest BCUT2D eigenvalue weighted by atomic mass is 16.5. The molecule has 26 heavy (non-hydrogen) atoms. The highest BCUT2D eigenvalue weighted by molar-refractivity contribution is 5.80. The summed E-state index contributed by atoms with van der Waals surface area (Å²) in [6.45, 7) is 8.05. The summed E-state index contributed by atoms with van der Waals surface area (Å²) in [5.41, 5.74) is 10.5. The molecule has 7 nitrogen and oxygen atoms in total. The van der Waals surface area contributed by atoms with Crippen molar-refractivity contribution in [3.8, 4) is 0 Å². The minimum Gasteiger partial charge on any atom is -0.359 e. The van der Waals surface area contributed by atoms with Crippen LogP contribution in [0.2, 0.25) is 0 Å². The fraction of sp³-hybridized carbons (Fsp3) is 0.474. The molecule has 1 amide bonds. The van der Waals surface area contributed by atoms with Crippen LogP contribution in [0.3, 0.4) is 0 Å². The van der Waals surface area contributed by atoms with Gasteiger partial charge in [0.1, 0.15) is 5.76 Å². The largest absolute Gasteiger partial charge is 0.359 e. The molecule has 1 aromatic heterocycles. The monoisotopic (exact) mass is 355 g/mol. The molecular formula is C19H25N5O2. The number of nitrogens with one attached hydrogen (secondary N) is 3. The van der Waals surface area contributed by atoms with Crippen LogP contribution in [0.1, 0.15) is 29.4 Å². The number of carbonyl (C=O) groups excluding carboxylic acids is 1. The summed E-state index contributed by atoms with van der Waals surface area (Å²) >= 11 is 0. The normalized spacial score (nSPS) is 22.3. The number of amides is 1. The van der Waals surface area contributed by atoms with Crippen molar-refractivity contribution < 1.29 is 9.32 Å². The number of para-hydroxylation sites is 1. The standard InChI is InChI=1S/C19H25N5O2/c1-11-5-4-6-12(2)17(11)21-18-15-10-24(8-7-16(15)26-23-18)19(25)14-9-20-22-13(14)3/h4-6,13-14,20,22H,7-10H2,1-3H3,(H,21,23). The van der Waals surface area contributed by atoms with Gasteiger partial charge in [-0.1, -0.05) is 23.4 Å². The maximum absolute atomic E-state index is 12.9. The molecule has 4 rings (SSSR count). The molecule has 0 radical (unpaired) electrons. The Morgan fingerprint density at radius 1 is 1.35 bits per heavy atom. The van der Waals surface area contributed by atoms with E-state index in [-0.39, 0.29) is 17.9 Å². The highest BCUT2D eigenvalue weighted by Crippen LogP contribution is 2.31. The van der Waals surface area contributed by atoms with Crippen LogP contribution in [-0.2, 0) is 17.8 Å². The Bertz CT molecular complexity index is 811. The van der Waals surface area contributed by atoms with E-state index < -0.39 is 0 Å². The quantitative estimate of drug-likeness (QED) is 0.782. The Balaban J connectivity index is 1.56. The maximum atomic E-state index is 12.9. The lowest BCUT2D eigenvalue weighted by Gasteiger charge is -2.29. The summed E-state index contributed by atoms with van der Waals surface area (Å²) in [6.07, 6.45) is 0.699. The number of hydrazine groups is 1. The fourth-order valence-corrected chi connectivity index (χ4v) is 3.77. The van der Waals surface area contributed by atoms with E-state index in [1.807, 2.05) is 17.9 Å². The second kappa shape index (κ2) is 6.74. The number of nitrogens with zero attached hydrogens (tertiary/aromatic N) is 2. The van der Waals surface area contributed by atoms with Crippen molar-refractivity contribution in [3.63, 3.8) is 0 Å². The Morgan fingerprint density at radius 2 is 2.12 bits per heavy atom. The first-order valence-corrected chi connectivity index (χ1v) is 9.12. The molecule has 3 N–H and O–H groups in total. The number of aryl methyl sites for hydroxylation is 2. The van der Waals surface area contributed by atoms with Crippen LogP contribution in [-0.4, -0.2) is 35.1 Å². The predicted molar refractivity (Wildman–Crippen MR) is 98.9 cm³/mol. The molecule has 1 fully saturated rings. The molecule has 7 heteroatoms. The number of hydrogen-bond donors (Lipinski definition) is 3. The SMILES string of the molecule is Cc1cccc(C)c1Nc1noc2c1CN(C(=O)C1CNNC1C)CC2. The molecule has 0 aliphatic carbocycles. The van der Waals surface area contributed by atoms with Gasteiger partial charge in [-0.15, -0.1) is 0 Å². The third-order valence-corrected chi connectivity index (χ3v) is 5.44. The highest BCUT2D eigenvalue weighted by Gasteiger charge is 2.35. The van der Waals surface area contributed by atoms with Crippen LogP contribution in [0, 0.1) is 19.8 Å². The Kier molecular flexibility index (Phi) is 4.42.